The number of rotatable bonds is 4. The number of halogens is 1. The van der Waals surface area contributed by atoms with E-state index in [0.717, 1.165) is 36.7 Å². The van der Waals surface area contributed by atoms with E-state index in [1.54, 1.807) is 18.2 Å². The molecule has 1 heterocycles. The van der Waals surface area contributed by atoms with E-state index in [9.17, 15) is 9.18 Å². The molecule has 0 spiro atoms. The second kappa shape index (κ2) is 7.07. The normalized spacial score (nSPS) is 15.7. The molecule has 2 nitrogen and oxygen atoms in total. The minimum absolute atomic E-state index is 0.133. The summed E-state index contributed by atoms with van der Waals surface area (Å²) in [6.07, 6.45) is 0. The predicted molar refractivity (Wildman–Crippen MR) is 88.9 cm³/mol. The number of nitrogens with zero attached hydrogens (tertiary/aromatic N) is 1. The van der Waals surface area contributed by atoms with Gasteiger partial charge in [-0.2, -0.15) is 11.8 Å². The molecule has 1 aliphatic heterocycles. The summed E-state index contributed by atoms with van der Waals surface area (Å²) in [5.41, 5.74) is 1.79. The van der Waals surface area contributed by atoms with Gasteiger partial charge in [0.1, 0.15) is 5.82 Å². The Labute approximate surface area is 134 Å². The van der Waals surface area contributed by atoms with Crippen LogP contribution in [0.4, 0.5) is 4.39 Å². The minimum Gasteiger partial charge on any atom is -0.297 e. The Hall–Kier alpha value is -1.65. The van der Waals surface area contributed by atoms with Gasteiger partial charge >= 0.3 is 0 Å². The van der Waals surface area contributed by atoms with Crippen molar-refractivity contribution >= 4 is 17.5 Å². The van der Waals surface area contributed by atoms with E-state index in [1.807, 2.05) is 30.0 Å². The van der Waals surface area contributed by atoms with Gasteiger partial charge in [-0.25, -0.2) is 4.39 Å². The van der Waals surface area contributed by atoms with Crippen LogP contribution in [0.15, 0.2) is 48.5 Å². The van der Waals surface area contributed by atoms with Crippen LogP contribution in [0.25, 0.3) is 0 Å². The van der Waals surface area contributed by atoms with E-state index in [4.69, 9.17) is 0 Å². The molecule has 3 rings (SSSR count). The largest absolute Gasteiger partial charge is 0.297 e. The Morgan fingerprint density at radius 2 is 1.86 bits per heavy atom. The quantitative estimate of drug-likeness (QED) is 0.804. The lowest BCUT2D eigenvalue weighted by atomic mass is 10.0. The summed E-state index contributed by atoms with van der Waals surface area (Å²) in [4.78, 5) is 14.8. The maximum Gasteiger partial charge on any atom is 0.195 e. The van der Waals surface area contributed by atoms with Crippen LogP contribution in [0.2, 0.25) is 0 Å². The van der Waals surface area contributed by atoms with Gasteiger partial charge in [0.05, 0.1) is 5.56 Å². The Bertz CT molecular complexity index is 668. The fourth-order valence-corrected chi connectivity index (χ4v) is 3.61. The van der Waals surface area contributed by atoms with Crippen molar-refractivity contribution in [3.63, 3.8) is 0 Å². The lowest BCUT2D eigenvalue weighted by Crippen LogP contribution is -2.32. The van der Waals surface area contributed by atoms with Crippen molar-refractivity contribution in [3.8, 4) is 0 Å². The van der Waals surface area contributed by atoms with Gasteiger partial charge in [0.2, 0.25) is 0 Å². The monoisotopic (exact) mass is 315 g/mol. The van der Waals surface area contributed by atoms with Crippen molar-refractivity contribution in [1.29, 1.82) is 0 Å². The van der Waals surface area contributed by atoms with Gasteiger partial charge in [-0.05, 0) is 23.8 Å². The van der Waals surface area contributed by atoms with Gasteiger partial charge in [-0.1, -0.05) is 30.3 Å². The fourth-order valence-electron chi connectivity index (χ4n) is 2.63. The molecule has 0 unspecified atom stereocenters. The Kier molecular flexibility index (Phi) is 4.90. The molecule has 0 aliphatic carbocycles. The predicted octanol–water partition coefficient (Wildman–Crippen LogP) is 3.61. The summed E-state index contributed by atoms with van der Waals surface area (Å²) in [6.45, 7) is 3.01. The first kappa shape index (κ1) is 15.3. The lowest BCUT2D eigenvalue weighted by Gasteiger charge is -2.26. The molecule has 0 amide bonds. The average molecular weight is 315 g/mol. The van der Waals surface area contributed by atoms with Crippen molar-refractivity contribution in [3.05, 3.63) is 71.0 Å². The number of carbonyl (C=O) groups is 1. The second-order valence-corrected chi connectivity index (χ2v) is 6.62. The molecule has 22 heavy (non-hydrogen) atoms. The number of thioether (sulfide) groups is 1. The highest BCUT2D eigenvalue weighted by atomic mass is 32.2. The molecule has 0 saturated carbocycles. The van der Waals surface area contributed by atoms with Gasteiger partial charge in [-0.15, -0.1) is 0 Å². The zero-order chi connectivity index (χ0) is 15.4. The third-order valence-electron chi connectivity index (χ3n) is 3.82. The average Bonchev–Trinajstić information content (AvgIpc) is 2.56. The smallest absolute Gasteiger partial charge is 0.195 e. The van der Waals surface area contributed by atoms with Crippen LogP contribution in [0.3, 0.4) is 0 Å². The second-order valence-electron chi connectivity index (χ2n) is 5.40. The number of benzene rings is 2. The first-order valence-corrected chi connectivity index (χ1v) is 8.58. The summed E-state index contributed by atoms with van der Waals surface area (Å²) >= 11 is 1.98. The summed E-state index contributed by atoms with van der Waals surface area (Å²) < 4.78 is 13.8. The van der Waals surface area contributed by atoms with Crippen LogP contribution in [-0.4, -0.2) is 35.3 Å². The van der Waals surface area contributed by atoms with E-state index >= 15 is 0 Å². The molecule has 1 saturated heterocycles. The van der Waals surface area contributed by atoms with E-state index in [-0.39, 0.29) is 11.3 Å². The van der Waals surface area contributed by atoms with E-state index in [2.05, 4.69) is 4.90 Å². The van der Waals surface area contributed by atoms with Crippen LogP contribution in [0.1, 0.15) is 21.5 Å². The number of ketones is 1. The molecule has 2 aromatic carbocycles. The molecule has 0 radical (unpaired) electrons. The van der Waals surface area contributed by atoms with Gasteiger partial charge in [0.15, 0.2) is 5.78 Å². The summed E-state index contributed by atoms with van der Waals surface area (Å²) in [5.74, 6) is 1.60. The first-order valence-electron chi connectivity index (χ1n) is 7.42. The van der Waals surface area contributed by atoms with Crippen LogP contribution in [0, 0.1) is 5.82 Å². The molecule has 114 valence electrons. The first-order chi connectivity index (χ1) is 10.7. The highest BCUT2D eigenvalue weighted by molar-refractivity contribution is 7.99. The van der Waals surface area contributed by atoms with Crippen molar-refractivity contribution in [2.45, 2.75) is 6.54 Å². The van der Waals surface area contributed by atoms with Crippen molar-refractivity contribution in [2.75, 3.05) is 24.6 Å². The zero-order valence-corrected chi connectivity index (χ0v) is 13.1. The third-order valence-corrected chi connectivity index (χ3v) is 4.76. The van der Waals surface area contributed by atoms with E-state index in [1.165, 1.54) is 12.1 Å². The van der Waals surface area contributed by atoms with Crippen LogP contribution in [-0.2, 0) is 6.54 Å². The summed E-state index contributed by atoms with van der Waals surface area (Å²) in [6, 6.07) is 13.7. The Balaban J connectivity index is 1.78. The minimum atomic E-state index is -0.467. The van der Waals surface area contributed by atoms with Crippen molar-refractivity contribution < 1.29 is 9.18 Å². The fraction of sp³-hybridized carbons (Fsp3) is 0.278. The van der Waals surface area contributed by atoms with E-state index < -0.39 is 5.82 Å². The Morgan fingerprint density at radius 1 is 1.09 bits per heavy atom. The van der Waals surface area contributed by atoms with Gasteiger partial charge in [0, 0.05) is 36.7 Å². The summed E-state index contributed by atoms with van der Waals surface area (Å²) in [5, 5.41) is 0. The highest BCUT2D eigenvalue weighted by Crippen LogP contribution is 2.17. The molecule has 1 aliphatic rings. The molecule has 1 fully saturated rings. The molecule has 0 N–H and O–H groups in total. The molecular formula is C18H18FNOS. The van der Waals surface area contributed by atoms with Crippen LogP contribution >= 0.6 is 11.8 Å². The van der Waals surface area contributed by atoms with Crippen molar-refractivity contribution in [2.24, 2.45) is 0 Å². The SMILES string of the molecule is O=C(c1cccc(CN2CCSCC2)c1)c1ccccc1F. The number of hydrogen-bond donors (Lipinski definition) is 0. The van der Waals surface area contributed by atoms with Gasteiger partial charge in [-0.3, -0.25) is 9.69 Å². The lowest BCUT2D eigenvalue weighted by molar-refractivity contribution is 0.103. The molecule has 0 atom stereocenters. The van der Waals surface area contributed by atoms with Crippen molar-refractivity contribution in [1.82, 2.24) is 4.90 Å². The highest BCUT2D eigenvalue weighted by Gasteiger charge is 2.15. The standard InChI is InChI=1S/C18H18FNOS/c19-17-7-2-1-6-16(17)18(21)15-5-3-4-14(12-15)13-20-8-10-22-11-9-20/h1-7,12H,8-11,13H2. The zero-order valence-electron chi connectivity index (χ0n) is 12.3. The van der Waals surface area contributed by atoms with Crippen LogP contribution < -0.4 is 0 Å². The molecule has 0 aromatic heterocycles. The number of hydrogen-bond acceptors (Lipinski definition) is 3. The van der Waals surface area contributed by atoms with Gasteiger partial charge in [0.25, 0.3) is 0 Å². The topological polar surface area (TPSA) is 20.3 Å². The maximum absolute atomic E-state index is 13.8. The third kappa shape index (κ3) is 3.57. The molecule has 2 aromatic rings. The van der Waals surface area contributed by atoms with E-state index in [0.29, 0.717) is 5.56 Å². The Morgan fingerprint density at radius 3 is 2.64 bits per heavy atom. The summed E-state index contributed by atoms with van der Waals surface area (Å²) in [7, 11) is 0. The maximum atomic E-state index is 13.8. The van der Waals surface area contributed by atoms with Gasteiger partial charge < -0.3 is 0 Å². The molecule has 4 heteroatoms. The van der Waals surface area contributed by atoms with Crippen LogP contribution in [0.5, 0.6) is 0 Å². The number of carbonyl (C=O) groups excluding carboxylic acids is 1. The molecular weight excluding hydrogens is 297 g/mol. The molecule has 0 bridgehead atoms.